The summed E-state index contributed by atoms with van der Waals surface area (Å²) in [6.45, 7) is 5.91. The van der Waals surface area contributed by atoms with Crippen molar-refractivity contribution in [3.8, 4) is 5.69 Å². The third kappa shape index (κ3) is 3.06. The number of hydrogen-bond donors (Lipinski definition) is 1. The number of rotatable bonds is 2. The Balaban J connectivity index is 2.10. The number of halogens is 1. The molecule has 0 spiro atoms. The van der Waals surface area contributed by atoms with Gasteiger partial charge in [0, 0.05) is 5.56 Å². The van der Waals surface area contributed by atoms with E-state index in [0.29, 0.717) is 14.4 Å². The first-order chi connectivity index (χ1) is 10.9. The summed E-state index contributed by atoms with van der Waals surface area (Å²) >= 11 is 12.8. The summed E-state index contributed by atoms with van der Waals surface area (Å²) in [6, 6.07) is 6.12. The number of hydrogen-bond acceptors (Lipinski definition) is 4. The molecule has 2 heterocycles. The van der Waals surface area contributed by atoms with E-state index in [4.69, 9.17) is 23.8 Å². The maximum atomic E-state index is 11.8. The van der Waals surface area contributed by atoms with Gasteiger partial charge in [0.2, 0.25) is 0 Å². The Morgan fingerprint density at radius 2 is 2.09 bits per heavy atom. The van der Waals surface area contributed by atoms with Crippen LogP contribution in [-0.4, -0.2) is 20.0 Å². The second-order valence-electron chi connectivity index (χ2n) is 5.34. The maximum absolute atomic E-state index is 11.8. The van der Waals surface area contributed by atoms with E-state index in [1.54, 1.807) is 10.8 Å². The number of thiocarbonyl (C=S) groups is 1. The van der Waals surface area contributed by atoms with Gasteiger partial charge < -0.3 is 5.32 Å². The van der Waals surface area contributed by atoms with Crippen molar-refractivity contribution in [3.63, 3.8) is 0 Å². The first-order valence-electron chi connectivity index (χ1n) is 6.94. The molecule has 4 nitrogen and oxygen atoms in total. The molecule has 1 amide bonds. The summed E-state index contributed by atoms with van der Waals surface area (Å²) in [5, 5.41) is 7.61. The Kier molecular flexibility index (Phi) is 4.31. The summed E-state index contributed by atoms with van der Waals surface area (Å²) in [6.07, 6.45) is 1.74. The van der Waals surface area contributed by atoms with E-state index in [0.717, 1.165) is 28.1 Å². The molecule has 0 unspecified atom stereocenters. The van der Waals surface area contributed by atoms with Gasteiger partial charge in [0.25, 0.3) is 5.91 Å². The third-order valence-corrected chi connectivity index (χ3v) is 5.08. The predicted octanol–water partition coefficient (Wildman–Crippen LogP) is 3.94. The molecule has 1 aliphatic heterocycles. The summed E-state index contributed by atoms with van der Waals surface area (Å²) in [7, 11) is 0. The van der Waals surface area contributed by atoms with Crippen LogP contribution in [0.4, 0.5) is 0 Å². The van der Waals surface area contributed by atoms with Gasteiger partial charge in [-0.2, -0.15) is 5.10 Å². The van der Waals surface area contributed by atoms with Crippen LogP contribution in [0.2, 0.25) is 5.15 Å². The van der Waals surface area contributed by atoms with Crippen molar-refractivity contribution in [1.82, 2.24) is 15.1 Å². The highest BCUT2D eigenvalue weighted by atomic mass is 35.5. The molecule has 2 aromatic rings. The minimum atomic E-state index is -0.199. The Morgan fingerprint density at radius 1 is 1.35 bits per heavy atom. The lowest BCUT2D eigenvalue weighted by Crippen LogP contribution is -2.17. The molecule has 1 saturated heterocycles. The van der Waals surface area contributed by atoms with Crippen LogP contribution in [0.5, 0.6) is 0 Å². The largest absolute Gasteiger partial charge is 0.307 e. The van der Waals surface area contributed by atoms with E-state index in [2.05, 4.69) is 10.4 Å². The van der Waals surface area contributed by atoms with Crippen LogP contribution in [0.25, 0.3) is 11.8 Å². The molecular weight excluding hydrogens is 350 g/mol. The molecule has 3 rings (SSSR count). The van der Waals surface area contributed by atoms with Gasteiger partial charge in [-0.05, 0) is 44.0 Å². The molecular formula is C16H14ClN3OS2. The number of carbonyl (C=O) groups excluding carboxylic acids is 1. The molecule has 118 valence electrons. The van der Waals surface area contributed by atoms with Crippen molar-refractivity contribution in [2.24, 2.45) is 0 Å². The van der Waals surface area contributed by atoms with Crippen LogP contribution < -0.4 is 5.32 Å². The molecule has 7 heteroatoms. The van der Waals surface area contributed by atoms with E-state index in [1.807, 2.05) is 39.0 Å². The van der Waals surface area contributed by atoms with E-state index < -0.39 is 0 Å². The number of benzene rings is 1. The monoisotopic (exact) mass is 363 g/mol. The number of aromatic nitrogens is 2. The molecule has 23 heavy (non-hydrogen) atoms. The van der Waals surface area contributed by atoms with E-state index in [-0.39, 0.29) is 5.91 Å². The van der Waals surface area contributed by atoms with E-state index in [9.17, 15) is 4.79 Å². The highest BCUT2D eigenvalue weighted by Crippen LogP contribution is 2.31. The van der Waals surface area contributed by atoms with Crippen molar-refractivity contribution in [2.75, 3.05) is 0 Å². The average molecular weight is 364 g/mol. The van der Waals surface area contributed by atoms with Crippen LogP contribution in [0.1, 0.15) is 22.4 Å². The van der Waals surface area contributed by atoms with Crippen LogP contribution in [0, 0.1) is 20.8 Å². The number of aryl methyl sites for hydroxylation is 3. The van der Waals surface area contributed by atoms with Crippen molar-refractivity contribution in [2.45, 2.75) is 20.8 Å². The molecule has 1 aromatic carbocycles. The molecule has 0 bridgehead atoms. The smallest absolute Gasteiger partial charge is 0.263 e. The first kappa shape index (κ1) is 16.2. The van der Waals surface area contributed by atoms with Crippen molar-refractivity contribution in [1.29, 1.82) is 0 Å². The molecule has 1 N–H and O–H groups in total. The molecule has 1 fully saturated rings. The Bertz CT molecular complexity index is 870. The number of carbonyl (C=O) groups is 1. The second-order valence-corrected chi connectivity index (χ2v) is 7.42. The minimum Gasteiger partial charge on any atom is -0.307 e. The Hall–Kier alpha value is -1.63. The van der Waals surface area contributed by atoms with Gasteiger partial charge in [0.05, 0.1) is 16.3 Å². The topological polar surface area (TPSA) is 46.9 Å². The van der Waals surface area contributed by atoms with Gasteiger partial charge in [-0.25, -0.2) is 4.68 Å². The predicted molar refractivity (Wildman–Crippen MR) is 99.1 cm³/mol. The zero-order valence-corrected chi connectivity index (χ0v) is 15.2. The minimum absolute atomic E-state index is 0.199. The number of thioether (sulfide) groups is 1. The van der Waals surface area contributed by atoms with Crippen molar-refractivity contribution >= 4 is 51.9 Å². The lowest BCUT2D eigenvalue weighted by atomic mass is 10.1. The van der Waals surface area contributed by atoms with Crippen molar-refractivity contribution < 1.29 is 4.79 Å². The van der Waals surface area contributed by atoms with Gasteiger partial charge in [0.1, 0.15) is 9.47 Å². The SMILES string of the molecule is Cc1ccc(C)c(-n2nc(C)c(/C=C3\SC(=S)NC3=O)c2Cl)c1. The van der Waals surface area contributed by atoms with Crippen LogP contribution in [-0.2, 0) is 4.79 Å². The second kappa shape index (κ2) is 6.11. The quantitative estimate of drug-likeness (QED) is 0.648. The number of amides is 1. The first-order valence-corrected chi connectivity index (χ1v) is 8.54. The molecule has 0 atom stereocenters. The summed E-state index contributed by atoms with van der Waals surface area (Å²) in [5.41, 5.74) is 4.63. The fourth-order valence-electron chi connectivity index (χ4n) is 2.33. The highest BCUT2D eigenvalue weighted by molar-refractivity contribution is 8.26. The van der Waals surface area contributed by atoms with Gasteiger partial charge in [-0.3, -0.25) is 4.79 Å². The summed E-state index contributed by atoms with van der Waals surface area (Å²) in [4.78, 5) is 12.4. The molecule has 0 saturated carbocycles. The lowest BCUT2D eigenvalue weighted by molar-refractivity contribution is -0.115. The van der Waals surface area contributed by atoms with E-state index in [1.165, 1.54) is 11.8 Å². The molecule has 1 aliphatic rings. The fourth-order valence-corrected chi connectivity index (χ4v) is 3.68. The average Bonchev–Trinajstić information content (AvgIpc) is 2.95. The van der Waals surface area contributed by atoms with Crippen molar-refractivity contribution in [3.05, 3.63) is 50.6 Å². The standard InChI is InChI=1S/C16H14ClN3OS2/c1-8-4-5-9(2)12(6-8)20-14(17)11(10(3)19-20)7-13-15(21)18-16(22)23-13/h4-7H,1-3H3,(H,18,21,22)/b13-7-. The highest BCUT2D eigenvalue weighted by Gasteiger charge is 2.24. The summed E-state index contributed by atoms with van der Waals surface area (Å²) < 4.78 is 2.17. The van der Waals surface area contributed by atoms with Gasteiger partial charge >= 0.3 is 0 Å². The molecule has 1 aromatic heterocycles. The molecule has 0 aliphatic carbocycles. The van der Waals surface area contributed by atoms with Crippen LogP contribution in [0.3, 0.4) is 0 Å². The summed E-state index contributed by atoms with van der Waals surface area (Å²) in [5.74, 6) is -0.199. The van der Waals surface area contributed by atoms with E-state index >= 15 is 0 Å². The normalized spacial score (nSPS) is 16.3. The van der Waals surface area contributed by atoms with Gasteiger partial charge in [-0.15, -0.1) is 0 Å². The van der Waals surface area contributed by atoms with Crippen LogP contribution >= 0.6 is 35.6 Å². The maximum Gasteiger partial charge on any atom is 0.263 e. The third-order valence-electron chi connectivity index (χ3n) is 3.56. The van der Waals surface area contributed by atoms with Crippen LogP contribution in [0.15, 0.2) is 23.1 Å². The number of nitrogens with zero attached hydrogens (tertiary/aromatic N) is 2. The lowest BCUT2D eigenvalue weighted by Gasteiger charge is -2.08. The van der Waals surface area contributed by atoms with Gasteiger partial charge in [0.15, 0.2) is 0 Å². The Morgan fingerprint density at radius 3 is 2.74 bits per heavy atom. The Labute approximate surface area is 148 Å². The number of nitrogens with one attached hydrogen (secondary N) is 1. The molecule has 0 radical (unpaired) electrons. The zero-order chi connectivity index (χ0) is 16.7. The van der Waals surface area contributed by atoms with Gasteiger partial charge in [-0.1, -0.05) is 47.7 Å². The zero-order valence-electron chi connectivity index (χ0n) is 12.8. The fraction of sp³-hybridized carbons (Fsp3) is 0.188.